The molecule has 0 saturated heterocycles. The lowest BCUT2D eigenvalue weighted by molar-refractivity contribution is 0.709. The van der Waals surface area contributed by atoms with E-state index in [9.17, 15) is 0 Å². The molecule has 1 atom stereocenters. The molecule has 0 aliphatic carbocycles. The van der Waals surface area contributed by atoms with E-state index in [-0.39, 0.29) is 6.04 Å². The largest absolute Gasteiger partial charge is 0.256 e. The minimum atomic E-state index is 0.0748. The average Bonchev–Trinajstić information content (AvgIpc) is 3.10. The van der Waals surface area contributed by atoms with Gasteiger partial charge in [0.15, 0.2) is 0 Å². The maximum atomic E-state index is 6.47. The van der Waals surface area contributed by atoms with Gasteiger partial charge in [0.1, 0.15) is 0 Å². The quantitative estimate of drug-likeness (QED) is 0.419. The number of hydrogen-bond donors (Lipinski definition) is 0. The van der Waals surface area contributed by atoms with Crippen molar-refractivity contribution in [2.24, 2.45) is 5.10 Å². The van der Waals surface area contributed by atoms with Gasteiger partial charge in [0.25, 0.3) is 0 Å². The van der Waals surface area contributed by atoms with E-state index in [1.807, 2.05) is 47.5 Å². The van der Waals surface area contributed by atoms with E-state index >= 15 is 0 Å². The Morgan fingerprint density at radius 1 is 0.923 bits per heavy atom. The molecule has 5 heteroatoms. The fourth-order valence-electron chi connectivity index (χ4n) is 3.15. The summed E-state index contributed by atoms with van der Waals surface area (Å²) >= 11 is 16.2. The lowest BCUT2D eigenvalue weighted by Crippen LogP contribution is -2.18. The highest BCUT2D eigenvalue weighted by Gasteiger charge is 2.31. The van der Waals surface area contributed by atoms with Crippen molar-refractivity contribution in [3.8, 4) is 0 Å². The lowest BCUT2D eigenvalue weighted by atomic mass is 9.98. The Morgan fingerprint density at radius 2 is 1.65 bits per heavy atom. The molecular weight excluding hydrogens is 431 g/mol. The molecule has 0 saturated carbocycles. The Morgan fingerprint density at radius 3 is 2.38 bits per heavy atom. The van der Waals surface area contributed by atoms with E-state index in [1.54, 1.807) is 6.07 Å². The van der Waals surface area contributed by atoms with Crippen LogP contribution in [0.3, 0.4) is 0 Å². The lowest BCUT2D eigenvalue weighted by Gasteiger charge is -2.25. The summed E-state index contributed by atoms with van der Waals surface area (Å²) in [6, 6.07) is 24.1. The van der Waals surface area contributed by atoms with Crippen LogP contribution < -0.4 is 5.01 Å². The van der Waals surface area contributed by atoms with Crippen molar-refractivity contribution < 1.29 is 0 Å². The van der Waals surface area contributed by atoms with Crippen LogP contribution in [-0.2, 0) is 0 Å². The molecule has 4 rings (SSSR count). The Bertz CT molecular complexity index is 956. The Labute approximate surface area is 171 Å². The van der Waals surface area contributed by atoms with Crippen molar-refractivity contribution in [1.82, 2.24) is 0 Å². The summed E-state index contributed by atoms with van der Waals surface area (Å²) in [7, 11) is 0. The molecule has 3 aromatic carbocycles. The average molecular weight is 446 g/mol. The maximum Gasteiger partial charge on any atom is 0.0832 e. The van der Waals surface area contributed by atoms with Crippen LogP contribution in [0.4, 0.5) is 5.69 Å². The highest BCUT2D eigenvalue weighted by molar-refractivity contribution is 9.10. The first kappa shape index (κ1) is 17.6. The van der Waals surface area contributed by atoms with E-state index in [4.69, 9.17) is 28.3 Å². The molecule has 0 unspecified atom stereocenters. The third kappa shape index (κ3) is 3.52. The smallest absolute Gasteiger partial charge is 0.0832 e. The fraction of sp³-hybridized carbons (Fsp3) is 0.0952. The van der Waals surface area contributed by atoms with Crippen molar-refractivity contribution in [2.45, 2.75) is 12.5 Å². The molecule has 0 N–H and O–H groups in total. The molecule has 1 aliphatic rings. The zero-order valence-electron chi connectivity index (χ0n) is 13.7. The normalized spacial score (nSPS) is 16.7. The molecule has 1 aliphatic heterocycles. The SMILES string of the molecule is Clc1ccc(Cl)c(N2N=C(c3ccc(Br)cc3)C[C@H]2c2ccccc2)c1. The molecule has 0 radical (unpaired) electrons. The minimum Gasteiger partial charge on any atom is -0.256 e. The van der Waals surface area contributed by atoms with E-state index in [0.717, 1.165) is 27.9 Å². The van der Waals surface area contributed by atoms with Gasteiger partial charge in [-0.25, -0.2) is 0 Å². The van der Waals surface area contributed by atoms with Crippen LogP contribution >= 0.6 is 39.1 Å². The number of rotatable bonds is 3. The van der Waals surface area contributed by atoms with E-state index in [2.05, 4.69) is 40.2 Å². The zero-order chi connectivity index (χ0) is 18.1. The molecule has 0 amide bonds. The van der Waals surface area contributed by atoms with Crippen LogP contribution in [0.1, 0.15) is 23.6 Å². The first-order valence-electron chi connectivity index (χ1n) is 8.24. The van der Waals surface area contributed by atoms with E-state index in [0.29, 0.717) is 10.0 Å². The van der Waals surface area contributed by atoms with E-state index < -0.39 is 0 Å². The minimum absolute atomic E-state index is 0.0748. The monoisotopic (exact) mass is 444 g/mol. The number of nitrogens with zero attached hydrogens (tertiary/aromatic N) is 2. The van der Waals surface area contributed by atoms with Gasteiger partial charge in [0, 0.05) is 15.9 Å². The van der Waals surface area contributed by atoms with Crippen LogP contribution in [0.25, 0.3) is 0 Å². The Hall–Kier alpha value is -1.81. The number of anilines is 1. The first-order valence-corrected chi connectivity index (χ1v) is 9.79. The van der Waals surface area contributed by atoms with Crippen LogP contribution in [0, 0.1) is 0 Å². The van der Waals surface area contributed by atoms with Crippen molar-refractivity contribution in [1.29, 1.82) is 0 Å². The zero-order valence-corrected chi connectivity index (χ0v) is 16.8. The van der Waals surface area contributed by atoms with Crippen LogP contribution in [0.5, 0.6) is 0 Å². The van der Waals surface area contributed by atoms with Crippen molar-refractivity contribution in [3.63, 3.8) is 0 Å². The molecule has 1 heterocycles. The Balaban J connectivity index is 1.79. The standard InChI is InChI=1S/C21H15BrCl2N2/c22-16-8-6-14(7-9-16)19-13-20(15-4-2-1-3-5-15)26(25-19)21-12-17(23)10-11-18(21)24/h1-12,20H,13H2/t20-/m0/s1. The molecule has 3 aromatic rings. The Kier molecular flexibility index (Phi) is 5.03. The molecule has 130 valence electrons. The van der Waals surface area contributed by atoms with Crippen molar-refractivity contribution in [2.75, 3.05) is 5.01 Å². The predicted octanol–water partition coefficient (Wildman–Crippen LogP) is 7.11. The summed E-state index contributed by atoms with van der Waals surface area (Å²) in [5.41, 5.74) is 4.15. The summed E-state index contributed by atoms with van der Waals surface area (Å²) in [6.07, 6.45) is 0.800. The summed E-state index contributed by atoms with van der Waals surface area (Å²) in [6.45, 7) is 0. The van der Waals surface area contributed by atoms with Gasteiger partial charge < -0.3 is 0 Å². The molecule has 2 nitrogen and oxygen atoms in total. The molecule has 0 aromatic heterocycles. The highest BCUT2D eigenvalue weighted by Crippen LogP contribution is 2.40. The topological polar surface area (TPSA) is 15.6 Å². The van der Waals surface area contributed by atoms with Gasteiger partial charge in [0.05, 0.1) is 22.5 Å². The van der Waals surface area contributed by atoms with Gasteiger partial charge in [-0.2, -0.15) is 5.10 Å². The van der Waals surface area contributed by atoms with Crippen molar-refractivity contribution in [3.05, 3.63) is 98.4 Å². The second kappa shape index (κ2) is 7.43. The van der Waals surface area contributed by atoms with Crippen LogP contribution in [0.15, 0.2) is 82.4 Å². The van der Waals surface area contributed by atoms with Crippen LogP contribution in [0.2, 0.25) is 10.0 Å². The third-order valence-electron chi connectivity index (χ3n) is 4.43. The second-order valence-electron chi connectivity index (χ2n) is 6.12. The summed E-state index contributed by atoms with van der Waals surface area (Å²) in [5, 5.41) is 8.17. The fourth-order valence-corrected chi connectivity index (χ4v) is 3.78. The van der Waals surface area contributed by atoms with Gasteiger partial charge in [-0.15, -0.1) is 0 Å². The summed E-state index contributed by atoms with van der Waals surface area (Å²) in [5.74, 6) is 0. The third-order valence-corrected chi connectivity index (χ3v) is 5.51. The van der Waals surface area contributed by atoms with Gasteiger partial charge >= 0.3 is 0 Å². The summed E-state index contributed by atoms with van der Waals surface area (Å²) in [4.78, 5) is 0. The molecular formula is C21H15BrCl2N2. The number of hydrazone groups is 1. The van der Waals surface area contributed by atoms with E-state index in [1.165, 1.54) is 5.56 Å². The van der Waals surface area contributed by atoms with Gasteiger partial charge in [-0.1, -0.05) is 81.6 Å². The predicted molar refractivity (Wildman–Crippen MR) is 113 cm³/mol. The molecule has 0 bridgehead atoms. The van der Waals surface area contributed by atoms with Crippen LogP contribution in [-0.4, -0.2) is 5.71 Å². The highest BCUT2D eigenvalue weighted by atomic mass is 79.9. The number of hydrogen-bond acceptors (Lipinski definition) is 2. The second-order valence-corrected chi connectivity index (χ2v) is 7.88. The summed E-state index contributed by atoms with van der Waals surface area (Å²) < 4.78 is 1.05. The maximum absolute atomic E-state index is 6.47. The number of halogens is 3. The van der Waals surface area contributed by atoms with Gasteiger partial charge in [-0.05, 0) is 41.5 Å². The first-order chi connectivity index (χ1) is 12.6. The van der Waals surface area contributed by atoms with Gasteiger partial charge in [-0.3, -0.25) is 5.01 Å². The number of benzene rings is 3. The van der Waals surface area contributed by atoms with Crippen molar-refractivity contribution >= 4 is 50.5 Å². The van der Waals surface area contributed by atoms with Gasteiger partial charge in [0.2, 0.25) is 0 Å². The molecule has 0 spiro atoms. The molecule has 26 heavy (non-hydrogen) atoms. The molecule has 0 fully saturated rings.